The number of aromatic nitrogens is 5. The van der Waals surface area contributed by atoms with Crippen molar-refractivity contribution in [3.8, 4) is 11.1 Å². The Hall–Kier alpha value is -4.42. The quantitative estimate of drug-likeness (QED) is 0.210. The predicted molar refractivity (Wildman–Crippen MR) is 165 cm³/mol. The van der Waals surface area contributed by atoms with Crippen molar-refractivity contribution in [3.05, 3.63) is 125 Å². The molecule has 3 atom stereocenters. The molecule has 11 heteroatoms. The SMILES string of the molecule is Cn1nnnc1SC[C@H]1C[C@@H](c2ccc(CO)cc2)O[C@@H](c2cccc(-c3cccc(CNC(=O)c4cccnc4)c3)c2)O1. The number of hydrogen-bond donors (Lipinski definition) is 2. The second kappa shape index (κ2) is 13.9. The highest BCUT2D eigenvalue weighted by molar-refractivity contribution is 7.99. The Bertz CT molecular complexity index is 1700. The zero-order chi connectivity index (χ0) is 30.3. The number of tetrazole rings is 1. The minimum absolute atomic E-state index is 0.00654. The Balaban J connectivity index is 1.20. The van der Waals surface area contributed by atoms with E-state index in [1.54, 1.807) is 41.0 Å². The smallest absolute Gasteiger partial charge is 0.253 e. The van der Waals surface area contributed by atoms with Gasteiger partial charge < -0.3 is 19.9 Å². The molecule has 3 heterocycles. The molecule has 0 unspecified atom stereocenters. The van der Waals surface area contributed by atoms with Gasteiger partial charge in [0.15, 0.2) is 6.29 Å². The van der Waals surface area contributed by atoms with Gasteiger partial charge in [0, 0.05) is 43.7 Å². The van der Waals surface area contributed by atoms with Crippen molar-refractivity contribution in [2.45, 2.75) is 43.2 Å². The number of rotatable bonds is 10. The maximum Gasteiger partial charge on any atom is 0.253 e. The van der Waals surface area contributed by atoms with E-state index in [0.717, 1.165) is 38.5 Å². The summed E-state index contributed by atoms with van der Waals surface area (Å²) in [4.78, 5) is 16.5. The van der Waals surface area contributed by atoms with Crippen LogP contribution in [0.2, 0.25) is 0 Å². The molecule has 0 spiro atoms. The summed E-state index contributed by atoms with van der Waals surface area (Å²) in [6, 6.07) is 27.6. The lowest BCUT2D eigenvalue weighted by Gasteiger charge is -2.36. The molecule has 1 aliphatic rings. The van der Waals surface area contributed by atoms with Crippen molar-refractivity contribution in [3.63, 3.8) is 0 Å². The van der Waals surface area contributed by atoms with Crippen LogP contribution in [0.15, 0.2) is 102 Å². The molecular formula is C33H32N6O4S. The molecule has 1 aliphatic heterocycles. The summed E-state index contributed by atoms with van der Waals surface area (Å²) < 4.78 is 14.7. The van der Waals surface area contributed by atoms with Crippen molar-refractivity contribution < 1.29 is 19.4 Å². The zero-order valence-corrected chi connectivity index (χ0v) is 24.9. The summed E-state index contributed by atoms with van der Waals surface area (Å²) in [5, 5.41) is 24.9. The van der Waals surface area contributed by atoms with Gasteiger partial charge in [-0.05, 0) is 62.5 Å². The highest BCUT2D eigenvalue weighted by Gasteiger charge is 2.32. The van der Waals surface area contributed by atoms with E-state index < -0.39 is 6.29 Å². The first-order valence-electron chi connectivity index (χ1n) is 14.3. The third kappa shape index (κ3) is 7.20. The second-order valence-electron chi connectivity index (χ2n) is 10.5. The van der Waals surface area contributed by atoms with Gasteiger partial charge >= 0.3 is 0 Å². The number of hydrogen-bond acceptors (Lipinski definition) is 9. The molecule has 44 heavy (non-hydrogen) atoms. The number of carbonyl (C=O) groups excluding carboxylic acids is 1. The average molecular weight is 609 g/mol. The van der Waals surface area contributed by atoms with Crippen LogP contribution >= 0.6 is 11.8 Å². The van der Waals surface area contributed by atoms with E-state index in [9.17, 15) is 9.90 Å². The number of aryl methyl sites for hydroxylation is 1. The summed E-state index contributed by atoms with van der Waals surface area (Å²) in [7, 11) is 1.82. The third-order valence-electron chi connectivity index (χ3n) is 7.39. The Labute approximate surface area is 259 Å². The van der Waals surface area contributed by atoms with E-state index in [4.69, 9.17) is 9.47 Å². The van der Waals surface area contributed by atoms with Crippen LogP contribution < -0.4 is 5.32 Å². The van der Waals surface area contributed by atoms with E-state index in [1.807, 2.05) is 61.6 Å². The first-order chi connectivity index (χ1) is 21.6. The highest BCUT2D eigenvalue weighted by atomic mass is 32.2. The molecule has 224 valence electrons. The number of ether oxygens (including phenoxy) is 2. The molecule has 2 N–H and O–H groups in total. The molecule has 0 saturated carbocycles. The lowest BCUT2D eigenvalue weighted by Crippen LogP contribution is -2.31. The Morgan fingerprint density at radius 1 is 0.977 bits per heavy atom. The molecular weight excluding hydrogens is 576 g/mol. The van der Waals surface area contributed by atoms with Crippen LogP contribution in [0, 0.1) is 0 Å². The second-order valence-corrected chi connectivity index (χ2v) is 11.5. The Morgan fingerprint density at radius 2 is 1.80 bits per heavy atom. The van der Waals surface area contributed by atoms with Crippen molar-refractivity contribution in [1.29, 1.82) is 0 Å². The molecule has 10 nitrogen and oxygen atoms in total. The normalized spacial score (nSPS) is 18.2. The number of pyridine rings is 1. The van der Waals surface area contributed by atoms with Crippen LogP contribution in [0.5, 0.6) is 0 Å². The number of aliphatic hydroxyl groups is 1. The number of nitrogens with one attached hydrogen (secondary N) is 1. The van der Waals surface area contributed by atoms with Crippen LogP contribution in [-0.4, -0.2) is 48.1 Å². The van der Waals surface area contributed by atoms with Gasteiger partial charge in [0.1, 0.15) is 0 Å². The molecule has 0 bridgehead atoms. The van der Waals surface area contributed by atoms with Crippen LogP contribution in [-0.2, 0) is 29.7 Å². The zero-order valence-electron chi connectivity index (χ0n) is 24.1. The fraction of sp³-hybridized carbons (Fsp3) is 0.242. The molecule has 1 fully saturated rings. The highest BCUT2D eigenvalue weighted by Crippen LogP contribution is 2.40. The van der Waals surface area contributed by atoms with E-state index in [1.165, 1.54) is 0 Å². The molecule has 1 saturated heterocycles. The number of benzene rings is 3. The van der Waals surface area contributed by atoms with E-state index in [2.05, 4.69) is 44.0 Å². The molecule has 3 aromatic carbocycles. The van der Waals surface area contributed by atoms with Gasteiger partial charge in [0.05, 0.1) is 24.4 Å². The standard InChI is InChI=1S/C33H32N6O4S/c1-39-33(36-37-38-39)44-21-29-17-30(24-12-10-22(20-40)11-13-24)43-32(42-29)27-8-3-7-26(16-27)25-6-2-5-23(15-25)18-35-31(41)28-9-4-14-34-19-28/h2-16,19,29-30,32,40H,17-18,20-21H2,1H3,(H,35,41)/t29-,30+,32+/m1/s1. The molecule has 0 aliphatic carbocycles. The fourth-order valence-corrected chi connectivity index (χ4v) is 5.91. The van der Waals surface area contributed by atoms with Crippen molar-refractivity contribution in [1.82, 2.24) is 30.5 Å². The maximum atomic E-state index is 12.5. The number of amides is 1. The minimum atomic E-state index is -0.587. The predicted octanol–water partition coefficient (Wildman–Crippen LogP) is 5.03. The number of aliphatic hydroxyl groups excluding tert-OH is 1. The number of carbonyl (C=O) groups is 1. The van der Waals surface area contributed by atoms with Gasteiger partial charge in [-0.25, -0.2) is 4.68 Å². The van der Waals surface area contributed by atoms with Gasteiger partial charge in [-0.15, -0.1) is 5.10 Å². The lowest BCUT2D eigenvalue weighted by atomic mass is 9.99. The van der Waals surface area contributed by atoms with Crippen LogP contribution in [0.25, 0.3) is 11.1 Å². The monoisotopic (exact) mass is 608 g/mol. The molecule has 6 rings (SSSR count). The topological polar surface area (TPSA) is 124 Å². The van der Waals surface area contributed by atoms with Gasteiger partial charge in [0.25, 0.3) is 5.91 Å². The van der Waals surface area contributed by atoms with Crippen molar-refractivity contribution in [2.24, 2.45) is 7.05 Å². The van der Waals surface area contributed by atoms with Gasteiger partial charge in [0.2, 0.25) is 5.16 Å². The molecule has 5 aromatic rings. The van der Waals surface area contributed by atoms with Gasteiger partial charge in [-0.1, -0.05) is 72.4 Å². The minimum Gasteiger partial charge on any atom is -0.392 e. The van der Waals surface area contributed by atoms with E-state index >= 15 is 0 Å². The van der Waals surface area contributed by atoms with Crippen molar-refractivity contribution in [2.75, 3.05) is 5.75 Å². The summed E-state index contributed by atoms with van der Waals surface area (Å²) in [6.07, 6.45) is 2.96. The van der Waals surface area contributed by atoms with Crippen LogP contribution in [0.1, 0.15) is 51.4 Å². The van der Waals surface area contributed by atoms with E-state index in [0.29, 0.717) is 24.3 Å². The lowest BCUT2D eigenvalue weighted by molar-refractivity contribution is -0.245. The van der Waals surface area contributed by atoms with Crippen molar-refractivity contribution >= 4 is 17.7 Å². The van der Waals surface area contributed by atoms with E-state index in [-0.39, 0.29) is 24.7 Å². The first kappa shape index (κ1) is 29.6. The Kier molecular flexibility index (Phi) is 9.37. The summed E-state index contributed by atoms with van der Waals surface area (Å²) >= 11 is 1.55. The largest absolute Gasteiger partial charge is 0.392 e. The molecule has 0 radical (unpaired) electrons. The number of nitrogens with zero attached hydrogens (tertiary/aromatic N) is 5. The molecule has 2 aromatic heterocycles. The average Bonchev–Trinajstić information content (AvgIpc) is 3.51. The molecule has 1 amide bonds. The third-order valence-corrected chi connectivity index (χ3v) is 8.53. The number of thioether (sulfide) groups is 1. The maximum absolute atomic E-state index is 12.5. The summed E-state index contributed by atoms with van der Waals surface area (Å²) in [5.74, 6) is 0.493. The van der Waals surface area contributed by atoms with Crippen LogP contribution in [0.4, 0.5) is 0 Å². The van der Waals surface area contributed by atoms with Gasteiger partial charge in [-0.2, -0.15) is 0 Å². The first-order valence-corrected chi connectivity index (χ1v) is 15.3. The van der Waals surface area contributed by atoms with Gasteiger partial charge in [-0.3, -0.25) is 9.78 Å². The Morgan fingerprint density at radius 3 is 2.55 bits per heavy atom. The summed E-state index contributed by atoms with van der Waals surface area (Å²) in [5.41, 5.74) is 6.33. The van der Waals surface area contributed by atoms with Crippen LogP contribution in [0.3, 0.4) is 0 Å². The fourth-order valence-electron chi connectivity index (χ4n) is 5.04. The summed E-state index contributed by atoms with van der Waals surface area (Å²) in [6.45, 7) is 0.390.